The first-order chi connectivity index (χ1) is 10.4. The first kappa shape index (κ1) is 18.2. The summed E-state index contributed by atoms with van der Waals surface area (Å²) in [6.07, 6.45) is -7.11. The maximum atomic E-state index is 11.8. The van der Waals surface area contributed by atoms with E-state index < -0.39 is 42.9 Å². The Hall–Kier alpha value is -1.80. The van der Waals surface area contributed by atoms with Gasteiger partial charge in [-0.25, -0.2) is 0 Å². The Bertz CT molecular complexity index is 476. The van der Waals surface area contributed by atoms with Gasteiger partial charge in [-0.2, -0.15) is 0 Å². The van der Waals surface area contributed by atoms with Crippen LogP contribution in [0.4, 0.5) is 0 Å². The maximum absolute atomic E-state index is 11.8. The summed E-state index contributed by atoms with van der Waals surface area (Å²) in [5, 5.41) is 37.6. The average molecular weight is 312 g/mol. The molecule has 0 aliphatic heterocycles. The number of carbonyl (C=O) groups excluding carboxylic acids is 2. The first-order valence-corrected chi connectivity index (χ1v) is 6.77. The van der Waals surface area contributed by atoms with Gasteiger partial charge in [-0.05, 0) is 12.5 Å². The van der Waals surface area contributed by atoms with Crippen molar-refractivity contribution in [1.82, 2.24) is 0 Å². The molecule has 1 rings (SSSR count). The van der Waals surface area contributed by atoms with E-state index in [0.717, 1.165) is 5.56 Å². The number of aliphatic hydroxyl groups is 4. The Morgan fingerprint density at radius 2 is 1.73 bits per heavy atom. The molecule has 0 spiro atoms. The molecule has 1 aromatic rings. The second-order valence-corrected chi connectivity index (χ2v) is 4.94. The lowest BCUT2D eigenvalue weighted by Crippen LogP contribution is -2.47. The van der Waals surface area contributed by atoms with Gasteiger partial charge in [0.25, 0.3) is 0 Å². The van der Waals surface area contributed by atoms with Crippen LogP contribution in [-0.4, -0.2) is 63.7 Å². The Morgan fingerprint density at radius 1 is 1.14 bits per heavy atom. The largest absolute Gasteiger partial charge is 0.462 e. The zero-order valence-corrected chi connectivity index (χ0v) is 12.1. The molecular weight excluding hydrogens is 292 g/mol. The van der Waals surface area contributed by atoms with E-state index in [4.69, 9.17) is 9.84 Å². The Kier molecular flexibility index (Phi) is 7.13. The molecule has 7 nitrogen and oxygen atoms in total. The van der Waals surface area contributed by atoms with Crippen LogP contribution in [0.2, 0.25) is 0 Å². The Labute approximate surface area is 127 Å². The molecule has 0 bridgehead atoms. The number of hydrogen-bond acceptors (Lipinski definition) is 7. The second kappa shape index (κ2) is 8.60. The van der Waals surface area contributed by atoms with Crippen LogP contribution in [0.15, 0.2) is 30.3 Å². The highest BCUT2D eigenvalue weighted by atomic mass is 16.5. The third-order valence-electron chi connectivity index (χ3n) is 3.28. The minimum absolute atomic E-state index is 0.0318. The smallest absolute Gasteiger partial charge is 0.313 e. The molecule has 22 heavy (non-hydrogen) atoms. The lowest BCUT2D eigenvalue weighted by molar-refractivity contribution is -0.157. The van der Waals surface area contributed by atoms with Gasteiger partial charge >= 0.3 is 5.97 Å². The monoisotopic (exact) mass is 312 g/mol. The molecule has 0 aromatic heterocycles. The van der Waals surface area contributed by atoms with E-state index in [9.17, 15) is 24.9 Å². The van der Waals surface area contributed by atoms with Crippen LogP contribution in [0.1, 0.15) is 18.4 Å². The fourth-order valence-electron chi connectivity index (χ4n) is 1.78. The van der Waals surface area contributed by atoms with Crippen molar-refractivity contribution in [2.24, 2.45) is 0 Å². The molecule has 1 aromatic carbocycles. The van der Waals surface area contributed by atoms with Gasteiger partial charge in [-0.1, -0.05) is 30.3 Å². The molecule has 7 heteroatoms. The second-order valence-electron chi connectivity index (χ2n) is 4.94. The summed E-state index contributed by atoms with van der Waals surface area (Å²) in [5.41, 5.74) is 0.735. The molecule has 0 fully saturated rings. The van der Waals surface area contributed by atoms with Crippen molar-refractivity contribution >= 4 is 12.3 Å². The SMILES string of the molecule is CC(C(=O)OC[C@@H](O)[C@@H](O)[C@H](O)[C@@H](O)C=O)c1ccccc1. The zero-order chi connectivity index (χ0) is 16.7. The van der Waals surface area contributed by atoms with Gasteiger partial charge in [0.2, 0.25) is 0 Å². The number of benzene rings is 1. The number of esters is 1. The van der Waals surface area contributed by atoms with Crippen molar-refractivity contribution < 1.29 is 34.8 Å². The molecule has 0 aliphatic rings. The number of hydrogen-bond donors (Lipinski definition) is 4. The van der Waals surface area contributed by atoms with Gasteiger partial charge in [0, 0.05) is 0 Å². The molecule has 0 heterocycles. The van der Waals surface area contributed by atoms with E-state index >= 15 is 0 Å². The van der Waals surface area contributed by atoms with E-state index in [0.29, 0.717) is 0 Å². The highest BCUT2D eigenvalue weighted by molar-refractivity contribution is 5.77. The number of carbonyl (C=O) groups is 2. The highest BCUT2D eigenvalue weighted by Gasteiger charge is 2.31. The minimum Gasteiger partial charge on any atom is -0.462 e. The standard InChI is InChI=1S/C15H20O7/c1-9(10-5-3-2-4-6-10)15(21)22-8-12(18)14(20)13(19)11(17)7-16/h2-7,9,11-14,17-20H,8H2,1H3/t9?,11-,12+,13+,14+/m0/s1. The number of aliphatic hydroxyl groups excluding tert-OH is 4. The molecule has 5 atom stereocenters. The Balaban J connectivity index is 2.51. The van der Waals surface area contributed by atoms with Gasteiger partial charge in [0.1, 0.15) is 31.0 Å². The van der Waals surface area contributed by atoms with Crippen molar-refractivity contribution in [3.05, 3.63) is 35.9 Å². The fraction of sp³-hybridized carbons (Fsp3) is 0.467. The van der Waals surface area contributed by atoms with Crippen molar-refractivity contribution in [2.75, 3.05) is 6.61 Å². The molecule has 0 radical (unpaired) electrons. The summed E-state index contributed by atoms with van der Waals surface area (Å²) < 4.78 is 4.87. The molecule has 0 aliphatic carbocycles. The number of ether oxygens (including phenoxy) is 1. The third-order valence-corrected chi connectivity index (χ3v) is 3.28. The lowest BCUT2D eigenvalue weighted by atomic mass is 10.0. The van der Waals surface area contributed by atoms with E-state index in [1.165, 1.54) is 0 Å². The van der Waals surface area contributed by atoms with Gasteiger partial charge < -0.3 is 30.0 Å². The lowest BCUT2D eigenvalue weighted by Gasteiger charge is -2.24. The van der Waals surface area contributed by atoms with Gasteiger partial charge in [0.15, 0.2) is 6.29 Å². The normalized spacial score (nSPS) is 17.9. The van der Waals surface area contributed by atoms with Crippen LogP contribution in [0.3, 0.4) is 0 Å². The molecular formula is C15H20O7. The molecule has 4 N–H and O–H groups in total. The molecule has 0 saturated carbocycles. The van der Waals surface area contributed by atoms with Crippen molar-refractivity contribution in [2.45, 2.75) is 37.3 Å². The number of aldehydes is 1. The van der Waals surface area contributed by atoms with Crippen molar-refractivity contribution in [1.29, 1.82) is 0 Å². The molecule has 122 valence electrons. The van der Waals surface area contributed by atoms with Crippen LogP contribution in [-0.2, 0) is 14.3 Å². The van der Waals surface area contributed by atoms with Gasteiger partial charge in [0.05, 0.1) is 5.92 Å². The van der Waals surface area contributed by atoms with E-state index in [-0.39, 0.29) is 6.29 Å². The molecule has 1 unspecified atom stereocenters. The summed E-state index contributed by atoms with van der Waals surface area (Å²) in [6, 6.07) is 8.86. The quantitative estimate of drug-likeness (QED) is 0.357. The predicted octanol–water partition coefficient (Wildman–Crippen LogP) is -1.02. The van der Waals surface area contributed by atoms with Crippen LogP contribution in [0.25, 0.3) is 0 Å². The summed E-state index contributed by atoms with van der Waals surface area (Å²) in [7, 11) is 0. The van der Waals surface area contributed by atoms with Gasteiger partial charge in [-0.15, -0.1) is 0 Å². The van der Waals surface area contributed by atoms with Crippen molar-refractivity contribution in [3.63, 3.8) is 0 Å². The topological polar surface area (TPSA) is 124 Å². The van der Waals surface area contributed by atoms with E-state index in [2.05, 4.69) is 0 Å². The summed E-state index contributed by atoms with van der Waals surface area (Å²) in [5.74, 6) is -1.17. The van der Waals surface area contributed by atoms with Gasteiger partial charge in [-0.3, -0.25) is 4.79 Å². The predicted molar refractivity (Wildman–Crippen MR) is 75.9 cm³/mol. The van der Waals surface area contributed by atoms with Crippen molar-refractivity contribution in [3.8, 4) is 0 Å². The van der Waals surface area contributed by atoms with E-state index in [1.807, 2.05) is 0 Å². The van der Waals surface area contributed by atoms with Crippen LogP contribution in [0, 0.1) is 0 Å². The fourth-order valence-corrected chi connectivity index (χ4v) is 1.78. The van der Waals surface area contributed by atoms with E-state index in [1.54, 1.807) is 37.3 Å². The average Bonchev–Trinajstić information content (AvgIpc) is 2.57. The first-order valence-electron chi connectivity index (χ1n) is 6.77. The van der Waals surface area contributed by atoms with Crippen LogP contribution >= 0.6 is 0 Å². The summed E-state index contributed by atoms with van der Waals surface area (Å²) in [6.45, 7) is 1.06. The summed E-state index contributed by atoms with van der Waals surface area (Å²) in [4.78, 5) is 22.1. The zero-order valence-electron chi connectivity index (χ0n) is 12.1. The maximum Gasteiger partial charge on any atom is 0.313 e. The summed E-state index contributed by atoms with van der Waals surface area (Å²) >= 11 is 0. The molecule has 0 saturated heterocycles. The Morgan fingerprint density at radius 3 is 2.27 bits per heavy atom. The van der Waals surface area contributed by atoms with Crippen LogP contribution in [0.5, 0.6) is 0 Å². The third kappa shape index (κ3) is 4.88. The number of rotatable bonds is 8. The highest BCUT2D eigenvalue weighted by Crippen LogP contribution is 2.16. The van der Waals surface area contributed by atoms with Crippen LogP contribution < -0.4 is 0 Å². The molecule has 0 amide bonds. The minimum atomic E-state index is -1.86.